The van der Waals surface area contributed by atoms with Crippen LogP contribution < -0.4 is 5.32 Å². The average Bonchev–Trinajstić information content (AvgIpc) is 2.92. The minimum absolute atomic E-state index is 0.0516. The Morgan fingerprint density at radius 3 is 2.30 bits per heavy atom. The first kappa shape index (κ1) is 13.4. The lowest BCUT2D eigenvalue weighted by atomic mass is 10.1. The molecule has 0 spiro atoms. The smallest absolute Gasteiger partial charge is 0.228 e. The van der Waals surface area contributed by atoms with Crippen LogP contribution in [0.1, 0.15) is 16.7 Å². The highest BCUT2D eigenvalue weighted by Gasteiger charge is 2.27. The molecule has 2 aromatic carbocycles. The maximum Gasteiger partial charge on any atom is 0.228 e. The molecule has 0 aromatic heterocycles. The third-order valence-electron chi connectivity index (χ3n) is 3.84. The molecule has 102 valence electrons. The minimum atomic E-state index is 0.0516. The highest BCUT2D eigenvalue weighted by molar-refractivity contribution is 9.08. The number of nitrogens with one attached hydrogen (secondary N) is 1. The van der Waals surface area contributed by atoms with E-state index >= 15 is 0 Å². The van der Waals surface area contributed by atoms with Gasteiger partial charge >= 0.3 is 0 Å². The van der Waals surface area contributed by atoms with Crippen LogP contribution in [0.3, 0.4) is 0 Å². The predicted molar refractivity (Wildman–Crippen MR) is 85.0 cm³/mol. The van der Waals surface area contributed by atoms with Crippen molar-refractivity contribution in [1.29, 1.82) is 0 Å². The standard InChI is InChI=1S/C17H16BrNO/c18-11-14-7-3-4-8-16(14)19-17(20)15-9-12-5-1-2-6-13(12)10-15/h1-8,15H,9-11H2,(H,19,20). The Kier molecular flexibility index (Phi) is 3.88. The fourth-order valence-electron chi connectivity index (χ4n) is 2.74. The zero-order valence-corrected chi connectivity index (χ0v) is 12.7. The molecule has 2 aromatic rings. The highest BCUT2D eigenvalue weighted by atomic mass is 79.9. The number of halogens is 1. The molecule has 0 bridgehead atoms. The van der Waals surface area contributed by atoms with Crippen LogP contribution in [0.4, 0.5) is 5.69 Å². The van der Waals surface area contributed by atoms with E-state index in [4.69, 9.17) is 0 Å². The number of anilines is 1. The van der Waals surface area contributed by atoms with Crippen LogP contribution in [0.5, 0.6) is 0 Å². The van der Waals surface area contributed by atoms with Crippen molar-refractivity contribution >= 4 is 27.5 Å². The molecule has 0 fully saturated rings. The third-order valence-corrected chi connectivity index (χ3v) is 4.45. The summed E-state index contributed by atoms with van der Waals surface area (Å²) >= 11 is 3.45. The summed E-state index contributed by atoms with van der Waals surface area (Å²) in [5, 5.41) is 3.81. The van der Waals surface area contributed by atoms with Gasteiger partial charge in [0.2, 0.25) is 5.91 Å². The predicted octanol–water partition coefficient (Wildman–Crippen LogP) is 3.94. The fraction of sp³-hybridized carbons (Fsp3) is 0.235. The Morgan fingerprint density at radius 1 is 1.05 bits per heavy atom. The number of carbonyl (C=O) groups excluding carboxylic acids is 1. The van der Waals surface area contributed by atoms with E-state index < -0.39 is 0 Å². The number of rotatable bonds is 3. The van der Waals surface area contributed by atoms with Crippen molar-refractivity contribution < 1.29 is 4.79 Å². The van der Waals surface area contributed by atoms with E-state index in [9.17, 15) is 4.79 Å². The van der Waals surface area contributed by atoms with Crippen LogP contribution >= 0.6 is 15.9 Å². The van der Waals surface area contributed by atoms with Crippen molar-refractivity contribution in [1.82, 2.24) is 0 Å². The largest absolute Gasteiger partial charge is 0.326 e. The van der Waals surface area contributed by atoms with Gasteiger partial charge in [0.25, 0.3) is 0 Å². The van der Waals surface area contributed by atoms with Crippen LogP contribution in [0.15, 0.2) is 48.5 Å². The number of fused-ring (bicyclic) bond motifs is 1. The summed E-state index contributed by atoms with van der Waals surface area (Å²) in [7, 11) is 0. The van der Waals surface area contributed by atoms with Gasteiger partial charge in [0.05, 0.1) is 0 Å². The topological polar surface area (TPSA) is 29.1 Å². The molecule has 0 heterocycles. The molecule has 0 radical (unpaired) electrons. The first-order valence-electron chi connectivity index (χ1n) is 6.79. The van der Waals surface area contributed by atoms with Gasteiger partial charge in [-0.25, -0.2) is 0 Å². The summed E-state index contributed by atoms with van der Waals surface area (Å²) in [6, 6.07) is 16.2. The molecular weight excluding hydrogens is 314 g/mol. The van der Waals surface area contributed by atoms with Gasteiger partial charge in [0.15, 0.2) is 0 Å². The second kappa shape index (κ2) is 5.80. The fourth-order valence-corrected chi connectivity index (χ4v) is 3.23. The van der Waals surface area contributed by atoms with E-state index in [0.717, 1.165) is 29.4 Å². The van der Waals surface area contributed by atoms with Crippen LogP contribution in [0.25, 0.3) is 0 Å². The zero-order chi connectivity index (χ0) is 13.9. The van der Waals surface area contributed by atoms with Crippen LogP contribution in [-0.2, 0) is 23.0 Å². The third kappa shape index (κ3) is 2.63. The molecule has 1 amide bonds. The highest BCUT2D eigenvalue weighted by Crippen LogP contribution is 2.28. The molecule has 0 atom stereocenters. The number of amides is 1. The summed E-state index contributed by atoms with van der Waals surface area (Å²) in [6.45, 7) is 0. The molecule has 0 saturated carbocycles. The van der Waals surface area contributed by atoms with E-state index in [0.29, 0.717) is 0 Å². The summed E-state index contributed by atoms with van der Waals surface area (Å²) in [4.78, 5) is 12.4. The normalized spacial score (nSPS) is 14.1. The van der Waals surface area contributed by atoms with Gasteiger partial charge in [0.1, 0.15) is 0 Å². The molecule has 2 nitrogen and oxygen atoms in total. The van der Waals surface area contributed by atoms with Gasteiger partial charge in [-0.1, -0.05) is 58.4 Å². The van der Waals surface area contributed by atoms with E-state index in [2.05, 4.69) is 33.4 Å². The monoisotopic (exact) mass is 329 g/mol. The van der Waals surface area contributed by atoms with Gasteiger partial charge in [0, 0.05) is 16.9 Å². The molecule has 1 aliphatic carbocycles. The average molecular weight is 330 g/mol. The molecule has 3 heteroatoms. The molecular formula is C17H16BrNO. The Balaban J connectivity index is 1.72. The number of carbonyl (C=O) groups is 1. The van der Waals surface area contributed by atoms with Crippen molar-refractivity contribution in [3.05, 3.63) is 65.2 Å². The minimum Gasteiger partial charge on any atom is -0.326 e. The molecule has 1 N–H and O–H groups in total. The Bertz CT molecular complexity index is 613. The molecule has 1 aliphatic rings. The second-order valence-electron chi connectivity index (χ2n) is 5.15. The van der Waals surface area contributed by atoms with E-state index in [1.54, 1.807) is 0 Å². The number of benzene rings is 2. The van der Waals surface area contributed by atoms with Gasteiger partial charge in [-0.3, -0.25) is 4.79 Å². The molecule has 20 heavy (non-hydrogen) atoms. The maximum atomic E-state index is 12.4. The van der Waals surface area contributed by atoms with Crippen molar-refractivity contribution in [2.45, 2.75) is 18.2 Å². The van der Waals surface area contributed by atoms with Gasteiger partial charge in [-0.2, -0.15) is 0 Å². The Labute approximate surface area is 127 Å². The van der Waals surface area contributed by atoms with E-state index in [1.807, 2.05) is 36.4 Å². The number of alkyl halides is 1. The molecule has 0 saturated heterocycles. The van der Waals surface area contributed by atoms with Crippen LogP contribution in [0, 0.1) is 5.92 Å². The maximum absolute atomic E-state index is 12.4. The summed E-state index contributed by atoms with van der Waals surface area (Å²) in [5.41, 5.74) is 4.63. The van der Waals surface area contributed by atoms with Crippen LogP contribution in [-0.4, -0.2) is 5.91 Å². The lowest BCUT2D eigenvalue weighted by molar-refractivity contribution is -0.119. The van der Waals surface area contributed by atoms with E-state index in [1.165, 1.54) is 11.1 Å². The van der Waals surface area contributed by atoms with Gasteiger partial charge in [-0.15, -0.1) is 0 Å². The van der Waals surface area contributed by atoms with Crippen LogP contribution in [0.2, 0.25) is 0 Å². The van der Waals surface area contributed by atoms with Crippen molar-refractivity contribution in [3.8, 4) is 0 Å². The Morgan fingerprint density at radius 2 is 1.65 bits per heavy atom. The summed E-state index contributed by atoms with van der Waals surface area (Å²) < 4.78 is 0. The van der Waals surface area contributed by atoms with Crippen molar-refractivity contribution in [2.24, 2.45) is 5.92 Å². The number of hydrogen-bond donors (Lipinski definition) is 1. The SMILES string of the molecule is O=C(Nc1ccccc1CBr)C1Cc2ccccc2C1. The number of para-hydroxylation sites is 1. The molecule has 0 unspecified atom stereocenters. The molecule has 3 rings (SSSR count). The lowest BCUT2D eigenvalue weighted by Gasteiger charge is -2.13. The number of hydrogen-bond acceptors (Lipinski definition) is 1. The zero-order valence-electron chi connectivity index (χ0n) is 11.1. The van der Waals surface area contributed by atoms with Crippen molar-refractivity contribution in [3.63, 3.8) is 0 Å². The first-order valence-corrected chi connectivity index (χ1v) is 7.91. The summed E-state index contributed by atoms with van der Waals surface area (Å²) in [5.74, 6) is 0.172. The van der Waals surface area contributed by atoms with E-state index in [-0.39, 0.29) is 11.8 Å². The Hall–Kier alpha value is -1.61. The van der Waals surface area contributed by atoms with Crippen molar-refractivity contribution in [2.75, 3.05) is 5.32 Å². The second-order valence-corrected chi connectivity index (χ2v) is 5.71. The first-order chi connectivity index (χ1) is 9.78. The molecule has 0 aliphatic heterocycles. The van der Waals surface area contributed by atoms with Gasteiger partial charge < -0.3 is 5.32 Å². The summed E-state index contributed by atoms with van der Waals surface area (Å²) in [6.07, 6.45) is 1.69. The lowest BCUT2D eigenvalue weighted by Crippen LogP contribution is -2.23. The van der Waals surface area contributed by atoms with Gasteiger partial charge in [-0.05, 0) is 35.6 Å². The quantitative estimate of drug-likeness (QED) is 0.849.